The van der Waals surface area contributed by atoms with Gasteiger partial charge in [-0.2, -0.15) is 0 Å². The third-order valence-corrected chi connectivity index (χ3v) is 2.42. The van der Waals surface area contributed by atoms with Crippen molar-refractivity contribution in [1.82, 2.24) is 19.1 Å². The molecule has 0 aliphatic rings. The predicted octanol–water partition coefficient (Wildman–Crippen LogP) is 0.925. The predicted molar refractivity (Wildman–Crippen MR) is 64.8 cm³/mol. The lowest BCUT2D eigenvalue weighted by Crippen LogP contribution is -2.11. The Morgan fingerprint density at radius 3 is 1.67 bits per heavy atom. The van der Waals surface area contributed by atoms with Gasteiger partial charge in [-0.25, -0.2) is 9.97 Å². The molecule has 0 bridgehead atoms. The van der Waals surface area contributed by atoms with Crippen LogP contribution in [-0.2, 0) is 22.7 Å². The number of hydrogen-bond acceptors (Lipinski definition) is 4. The number of imidazole rings is 2. The highest BCUT2D eigenvalue weighted by atomic mass is 16.1. The Bertz CT molecular complexity index is 530. The maximum Gasteiger partial charge on any atom is 0.176 e. The van der Waals surface area contributed by atoms with Gasteiger partial charge in [-0.15, -0.1) is 0 Å². The van der Waals surface area contributed by atoms with E-state index in [9.17, 15) is 9.59 Å². The molecule has 2 aromatic heterocycles. The van der Waals surface area contributed by atoms with Crippen molar-refractivity contribution in [3.8, 4) is 11.6 Å². The molecule has 0 aliphatic carbocycles. The molecule has 2 rings (SSSR count). The summed E-state index contributed by atoms with van der Waals surface area (Å²) in [6.45, 7) is 3.54. The van der Waals surface area contributed by atoms with Crippen molar-refractivity contribution in [2.24, 2.45) is 0 Å². The minimum Gasteiger partial charge on any atom is -0.321 e. The topological polar surface area (TPSA) is 69.8 Å². The van der Waals surface area contributed by atoms with E-state index in [4.69, 9.17) is 0 Å². The third kappa shape index (κ3) is 2.53. The smallest absolute Gasteiger partial charge is 0.176 e. The number of nitrogens with zero attached hydrogens (tertiary/aromatic N) is 4. The van der Waals surface area contributed by atoms with Crippen molar-refractivity contribution in [3.05, 3.63) is 24.8 Å². The summed E-state index contributed by atoms with van der Waals surface area (Å²) in [5, 5.41) is 0. The molecule has 94 valence electrons. The van der Waals surface area contributed by atoms with E-state index in [0.29, 0.717) is 11.6 Å². The van der Waals surface area contributed by atoms with Crippen molar-refractivity contribution in [3.63, 3.8) is 0 Å². The van der Waals surface area contributed by atoms with Gasteiger partial charge in [0.25, 0.3) is 0 Å². The first kappa shape index (κ1) is 12.2. The number of carbonyl (C=O) groups is 2. The molecular formula is C12H14N4O2. The molecule has 0 saturated heterocycles. The summed E-state index contributed by atoms with van der Waals surface area (Å²) in [4.78, 5) is 30.7. The molecule has 6 nitrogen and oxygen atoms in total. The fourth-order valence-corrected chi connectivity index (χ4v) is 1.77. The van der Waals surface area contributed by atoms with Gasteiger partial charge < -0.3 is 9.13 Å². The summed E-state index contributed by atoms with van der Waals surface area (Å²) in [6.07, 6.45) is 6.68. The second-order valence-corrected chi connectivity index (χ2v) is 4.16. The van der Waals surface area contributed by atoms with Crippen LogP contribution in [0.25, 0.3) is 11.6 Å². The van der Waals surface area contributed by atoms with Gasteiger partial charge in [-0.3, -0.25) is 9.59 Å². The molecule has 0 amide bonds. The number of hydrogen-bond donors (Lipinski definition) is 0. The molecule has 0 N–H and O–H groups in total. The second kappa shape index (κ2) is 4.95. The summed E-state index contributed by atoms with van der Waals surface area (Å²) in [5.74, 6) is 1.27. The van der Waals surface area contributed by atoms with E-state index in [1.54, 1.807) is 33.9 Å². The molecular weight excluding hydrogens is 232 g/mol. The van der Waals surface area contributed by atoms with E-state index in [1.165, 1.54) is 13.8 Å². The molecule has 18 heavy (non-hydrogen) atoms. The number of rotatable bonds is 5. The minimum atomic E-state index is 0.0407. The van der Waals surface area contributed by atoms with Crippen LogP contribution >= 0.6 is 0 Å². The van der Waals surface area contributed by atoms with E-state index in [0.717, 1.165) is 0 Å². The van der Waals surface area contributed by atoms with Crippen molar-refractivity contribution in [2.75, 3.05) is 0 Å². The van der Waals surface area contributed by atoms with Crippen molar-refractivity contribution in [1.29, 1.82) is 0 Å². The molecule has 0 saturated carbocycles. The van der Waals surface area contributed by atoms with Gasteiger partial charge in [-0.1, -0.05) is 0 Å². The molecule has 2 aromatic rings. The van der Waals surface area contributed by atoms with Gasteiger partial charge in [-0.05, 0) is 13.8 Å². The summed E-state index contributed by atoms with van der Waals surface area (Å²) < 4.78 is 3.45. The highest BCUT2D eigenvalue weighted by Gasteiger charge is 2.13. The van der Waals surface area contributed by atoms with E-state index in [1.807, 2.05) is 0 Å². The van der Waals surface area contributed by atoms with Gasteiger partial charge >= 0.3 is 0 Å². The molecule has 2 heterocycles. The zero-order valence-electron chi connectivity index (χ0n) is 10.3. The van der Waals surface area contributed by atoms with Crippen LogP contribution in [0.4, 0.5) is 0 Å². The summed E-state index contributed by atoms with van der Waals surface area (Å²) in [6, 6.07) is 0. The molecule has 0 spiro atoms. The molecule has 0 radical (unpaired) electrons. The quantitative estimate of drug-likeness (QED) is 0.786. The van der Waals surface area contributed by atoms with E-state index < -0.39 is 0 Å². The zero-order valence-corrected chi connectivity index (χ0v) is 10.3. The summed E-state index contributed by atoms with van der Waals surface area (Å²) in [5.41, 5.74) is 0. The number of aromatic nitrogens is 4. The molecule has 0 unspecified atom stereocenters. The Kier molecular flexibility index (Phi) is 3.36. The van der Waals surface area contributed by atoms with Crippen LogP contribution in [-0.4, -0.2) is 30.7 Å². The van der Waals surface area contributed by atoms with E-state index in [2.05, 4.69) is 9.97 Å². The highest BCUT2D eigenvalue weighted by Crippen LogP contribution is 2.15. The molecule has 0 fully saturated rings. The van der Waals surface area contributed by atoms with Gasteiger partial charge in [0, 0.05) is 24.8 Å². The van der Waals surface area contributed by atoms with Gasteiger partial charge in [0.1, 0.15) is 11.6 Å². The molecule has 6 heteroatoms. The van der Waals surface area contributed by atoms with Crippen LogP contribution in [0.5, 0.6) is 0 Å². The second-order valence-electron chi connectivity index (χ2n) is 4.16. The SMILES string of the molecule is CC(=O)Cn1ccnc1-c1nccn1CC(C)=O. The van der Waals surface area contributed by atoms with Crippen molar-refractivity contribution < 1.29 is 9.59 Å². The molecule has 0 aromatic carbocycles. The van der Waals surface area contributed by atoms with Crippen molar-refractivity contribution in [2.45, 2.75) is 26.9 Å². The summed E-state index contributed by atoms with van der Waals surface area (Å²) >= 11 is 0. The normalized spacial score (nSPS) is 10.6. The van der Waals surface area contributed by atoms with E-state index >= 15 is 0 Å². The Labute approximate surface area is 104 Å². The average molecular weight is 246 g/mol. The van der Waals surface area contributed by atoms with Gasteiger partial charge in [0.2, 0.25) is 0 Å². The van der Waals surface area contributed by atoms with Gasteiger partial charge in [0.05, 0.1) is 13.1 Å². The maximum absolute atomic E-state index is 11.2. The Morgan fingerprint density at radius 1 is 0.944 bits per heavy atom. The maximum atomic E-state index is 11.2. The lowest BCUT2D eigenvalue weighted by Gasteiger charge is -2.07. The Hall–Kier alpha value is -2.24. The Balaban J connectivity index is 2.37. The van der Waals surface area contributed by atoms with Crippen LogP contribution in [0, 0.1) is 0 Å². The monoisotopic (exact) mass is 246 g/mol. The first-order chi connectivity index (χ1) is 8.58. The molecule has 0 aliphatic heterocycles. The summed E-state index contributed by atoms with van der Waals surface area (Å²) in [7, 11) is 0. The zero-order chi connectivity index (χ0) is 13.1. The first-order valence-electron chi connectivity index (χ1n) is 5.59. The minimum absolute atomic E-state index is 0.0407. The van der Waals surface area contributed by atoms with Crippen LogP contribution in [0.15, 0.2) is 24.8 Å². The van der Waals surface area contributed by atoms with Crippen LogP contribution in [0.2, 0.25) is 0 Å². The lowest BCUT2D eigenvalue weighted by molar-refractivity contribution is -0.118. The van der Waals surface area contributed by atoms with Crippen LogP contribution in [0.3, 0.4) is 0 Å². The largest absolute Gasteiger partial charge is 0.321 e. The Morgan fingerprint density at radius 2 is 1.33 bits per heavy atom. The average Bonchev–Trinajstić information content (AvgIpc) is 2.85. The van der Waals surface area contributed by atoms with Crippen LogP contribution < -0.4 is 0 Å². The third-order valence-electron chi connectivity index (χ3n) is 2.42. The highest BCUT2D eigenvalue weighted by molar-refractivity contribution is 5.76. The van der Waals surface area contributed by atoms with Crippen molar-refractivity contribution >= 4 is 11.6 Å². The molecule has 0 atom stereocenters. The number of carbonyl (C=O) groups excluding carboxylic acids is 2. The number of ketones is 2. The standard InChI is InChI=1S/C12H14N4O2/c1-9(17)7-15-5-3-13-11(15)12-14-4-6-16(12)8-10(2)18/h3-6H,7-8H2,1-2H3. The fourth-order valence-electron chi connectivity index (χ4n) is 1.77. The fraction of sp³-hybridized carbons (Fsp3) is 0.333. The van der Waals surface area contributed by atoms with Gasteiger partial charge in [0.15, 0.2) is 11.6 Å². The van der Waals surface area contributed by atoms with E-state index in [-0.39, 0.29) is 24.7 Å². The number of Topliss-reactive ketones (excluding diaryl/α,β-unsaturated/α-hetero) is 2. The first-order valence-corrected chi connectivity index (χ1v) is 5.59. The van der Waals surface area contributed by atoms with Crippen LogP contribution in [0.1, 0.15) is 13.8 Å². The lowest BCUT2D eigenvalue weighted by atomic mass is 10.4.